The first-order valence-corrected chi connectivity index (χ1v) is 7.56. The van der Waals surface area contributed by atoms with Gasteiger partial charge in [0.2, 0.25) is 5.91 Å². The summed E-state index contributed by atoms with van der Waals surface area (Å²) in [7, 11) is 0. The van der Waals surface area contributed by atoms with Gasteiger partial charge in [0.15, 0.2) is 0 Å². The monoisotopic (exact) mass is 289 g/mol. The number of carbonyl (C=O) groups excluding carboxylic acids is 1. The topological polar surface area (TPSA) is 57.8 Å². The van der Waals surface area contributed by atoms with Crippen molar-refractivity contribution < 1.29 is 4.79 Å². The Bertz CT molecular complexity index is 942. The normalized spacial score (nSPS) is 25.5. The van der Waals surface area contributed by atoms with Crippen molar-refractivity contribution in [2.24, 2.45) is 0 Å². The number of carbonyl (C=O) groups is 1. The van der Waals surface area contributed by atoms with Crippen molar-refractivity contribution in [1.29, 1.82) is 0 Å². The van der Waals surface area contributed by atoms with Crippen LogP contribution in [0.5, 0.6) is 0 Å². The third-order valence-electron chi connectivity index (χ3n) is 5.19. The van der Waals surface area contributed by atoms with Crippen molar-refractivity contribution in [3.05, 3.63) is 59.3 Å². The van der Waals surface area contributed by atoms with E-state index < -0.39 is 0 Å². The maximum Gasteiger partial charge on any atom is 0.235 e. The Balaban J connectivity index is 1.62. The van der Waals surface area contributed by atoms with Crippen molar-refractivity contribution in [3.63, 3.8) is 0 Å². The molecule has 1 aliphatic heterocycles. The molecule has 3 aromatic rings. The largest absolute Gasteiger partial charge is 0.325 e. The van der Waals surface area contributed by atoms with Crippen LogP contribution in [-0.4, -0.2) is 16.1 Å². The number of nitrogens with one attached hydrogen (secondary N) is 2. The van der Waals surface area contributed by atoms with E-state index in [2.05, 4.69) is 39.8 Å². The van der Waals surface area contributed by atoms with Crippen LogP contribution in [0.3, 0.4) is 0 Å². The highest BCUT2D eigenvalue weighted by Crippen LogP contribution is 2.64. The third-order valence-corrected chi connectivity index (χ3v) is 5.19. The number of nitrogens with zero attached hydrogens (tertiary/aromatic N) is 1. The molecular formula is C18H15N3O. The highest BCUT2D eigenvalue weighted by Gasteiger charge is 2.65. The zero-order valence-electron chi connectivity index (χ0n) is 12.2. The average Bonchev–Trinajstić information content (AvgIpc) is 3.10. The summed E-state index contributed by atoms with van der Waals surface area (Å²) in [5.74, 6) is 0.384. The molecule has 108 valence electrons. The molecule has 4 nitrogen and oxygen atoms in total. The summed E-state index contributed by atoms with van der Waals surface area (Å²) in [6.07, 6.45) is 0.880. The SMILES string of the molecule is Cc1[nH]nc2cc([C@@H]3C[C@@]34C(=O)Nc3ccccc34)ccc12. The van der Waals surface area contributed by atoms with Crippen LogP contribution in [0.25, 0.3) is 10.9 Å². The lowest BCUT2D eigenvalue weighted by Gasteiger charge is -2.08. The first-order chi connectivity index (χ1) is 10.7. The van der Waals surface area contributed by atoms with E-state index in [-0.39, 0.29) is 17.2 Å². The Morgan fingerprint density at radius 2 is 2.09 bits per heavy atom. The van der Waals surface area contributed by atoms with Crippen LogP contribution >= 0.6 is 0 Å². The Morgan fingerprint density at radius 1 is 1.23 bits per heavy atom. The fourth-order valence-electron chi connectivity index (χ4n) is 3.93. The fraction of sp³-hybridized carbons (Fsp3) is 0.222. The summed E-state index contributed by atoms with van der Waals surface area (Å²) in [5, 5.41) is 11.5. The molecule has 22 heavy (non-hydrogen) atoms. The van der Waals surface area contributed by atoms with Crippen LogP contribution in [0.2, 0.25) is 0 Å². The molecule has 2 heterocycles. The van der Waals surface area contributed by atoms with E-state index in [0.29, 0.717) is 0 Å². The van der Waals surface area contributed by atoms with E-state index in [9.17, 15) is 4.79 Å². The Labute approximate surface area is 127 Å². The standard InChI is InChI=1S/C18H15N3O/c1-10-12-7-6-11(8-16(12)21-20-10)14-9-18(14)13-4-2-3-5-15(13)19-17(18)22/h2-8,14H,9H2,1H3,(H,19,22)(H,20,21)/t14-,18-/m0/s1. The minimum atomic E-state index is -0.365. The first kappa shape index (κ1) is 12.0. The third kappa shape index (κ3) is 1.32. The average molecular weight is 289 g/mol. The summed E-state index contributed by atoms with van der Waals surface area (Å²) in [6.45, 7) is 2.02. The maximum atomic E-state index is 12.5. The summed E-state index contributed by atoms with van der Waals surface area (Å²) < 4.78 is 0. The minimum absolute atomic E-state index is 0.136. The number of hydrogen-bond acceptors (Lipinski definition) is 2. The van der Waals surface area contributed by atoms with E-state index >= 15 is 0 Å². The minimum Gasteiger partial charge on any atom is -0.325 e. The maximum absolute atomic E-state index is 12.5. The number of aromatic nitrogens is 2. The number of para-hydroxylation sites is 1. The van der Waals surface area contributed by atoms with Crippen LogP contribution in [0.15, 0.2) is 42.5 Å². The zero-order chi connectivity index (χ0) is 14.9. The lowest BCUT2D eigenvalue weighted by Crippen LogP contribution is -2.20. The van der Waals surface area contributed by atoms with Gasteiger partial charge in [-0.3, -0.25) is 9.89 Å². The van der Waals surface area contributed by atoms with Gasteiger partial charge in [-0.2, -0.15) is 5.10 Å². The van der Waals surface area contributed by atoms with Crippen molar-refractivity contribution in [1.82, 2.24) is 10.2 Å². The molecular weight excluding hydrogens is 274 g/mol. The number of aromatic amines is 1. The fourth-order valence-corrected chi connectivity index (χ4v) is 3.93. The Kier molecular flexibility index (Phi) is 2.05. The van der Waals surface area contributed by atoms with Crippen molar-refractivity contribution in [2.45, 2.75) is 24.7 Å². The van der Waals surface area contributed by atoms with Gasteiger partial charge in [-0.15, -0.1) is 0 Å². The van der Waals surface area contributed by atoms with E-state index in [1.54, 1.807) is 0 Å². The van der Waals surface area contributed by atoms with Crippen LogP contribution in [0.4, 0.5) is 5.69 Å². The molecule has 2 N–H and O–H groups in total. The van der Waals surface area contributed by atoms with Crippen molar-refractivity contribution in [3.8, 4) is 0 Å². The molecule has 2 atom stereocenters. The molecule has 1 amide bonds. The quantitative estimate of drug-likeness (QED) is 0.722. The molecule has 0 saturated heterocycles. The zero-order valence-corrected chi connectivity index (χ0v) is 12.2. The highest BCUT2D eigenvalue weighted by molar-refractivity contribution is 6.09. The van der Waals surface area contributed by atoms with Gasteiger partial charge in [0.05, 0.1) is 10.9 Å². The van der Waals surface area contributed by atoms with Gasteiger partial charge in [0.25, 0.3) is 0 Å². The lowest BCUT2D eigenvalue weighted by molar-refractivity contribution is -0.118. The summed E-state index contributed by atoms with van der Waals surface area (Å²) >= 11 is 0. The molecule has 0 unspecified atom stereocenters. The first-order valence-electron chi connectivity index (χ1n) is 7.56. The van der Waals surface area contributed by atoms with Gasteiger partial charge in [-0.05, 0) is 36.6 Å². The molecule has 1 saturated carbocycles. The van der Waals surface area contributed by atoms with Crippen molar-refractivity contribution >= 4 is 22.5 Å². The van der Waals surface area contributed by atoms with Crippen LogP contribution in [0.1, 0.15) is 29.2 Å². The Morgan fingerprint density at radius 3 is 3.00 bits per heavy atom. The summed E-state index contributed by atoms with van der Waals surface area (Å²) in [4.78, 5) is 12.5. The number of anilines is 1. The molecule has 2 aliphatic rings. The highest BCUT2D eigenvalue weighted by atomic mass is 16.2. The molecule has 0 radical (unpaired) electrons. The second-order valence-electron chi connectivity index (χ2n) is 6.35. The van der Waals surface area contributed by atoms with Crippen LogP contribution in [0, 0.1) is 6.92 Å². The second-order valence-corrected chi connectivity index (χ2v) is 6.35. The molecule has 1 spiro atoms. The molecule has 4 heteroatoms. The van der Waals surface area contributed by atoms with E-state index in [1.807, 2.05) is 25.1 Å². The van der Waals surface area contributed by atoms with E-state index in [4.69, 9.17) is 0 Å². The predicted octanol–water partition coefficient (Wildman–Crippen LogP) is 3.25. The van der Waals surface area contributed by atoms with Crippen molar-refractivity contribution in [2.75, 3.05) is 5.32 Å². The van der Waals surface area contributed by atoms with Gasteiger partial charge in [-0.1, -0.05) is 30.3 Å². The number of H-pyrrole nitrogens is 1. The number of amides is 1. The Hall–Kier alpha value is -2.62. The van der Waals surface area contributed by atoms with Gasteiger partial charge in [-0.25, -0.2) is 0 Å². The van der Waals surface area contributed by atoms with Crippen LogP contribution in [-0.2, 0) is 10.2 Å². The van der Waals surface area contributed by atoms with E-state index in [0.717, 1.165) is 34.3 Å². The smallest absolute Gasteiger partial charge is 0.235 e. The molecule has 5 rings (SSSR count). The van der Waals surface area contributed by atoms with Gasteiger partial charge >= 0.3 is 0 Å². The molecule has 1 aliphatic carbocycles. The molecule has 1 fully saturated rings. The number of rotatable bonds is 1. The van der Waals surface area contributed by atoms with Gasteiger partial charge < -0.3 is 5.32 Å². The second kappa shape index (κ2) is 3.77. The predicted molar refractivity (Wildman–Crippen MR) is 84.9 cm³/mol. The van der Waals surface area contributed by atoms with Gasteiger partial charge in [0.1, 0.15) is 0 Å². The summed E-state index contributed by atoms with van der Waals surface area (Å²) in [5.41, 5.74) is 5.00. The van der Waals surface area contributed by atoms with Gasteiger partial charge in [0, 0.05) is 22.7 Å². The number of aryl methyl sites for hydroxylation is 1. The summed E-state index contributed by atoms with van der Waals surface area (Å²) in [6, 6.07) is 14.4. The van der Waals surface area contributed by atoms with E-state index in [1.165, 1.54) is 5.56 Å². The molecule has 0 bridgehead atoms. The molecule has 1 aromatic heterocycles. The number of fused-ring (bicyclic) bond motifs is 3. The van der Waals surface area contributed by atoms with Crippen LogP contribution < -0.4 is 5.32 Å². The molecule has 2 aromatic carbocycles. The number of hydrogen-bond donors (Lipinski definition) is 2. The number of benzene rings is 2. The lowest BCUT2D eigenvalue weighted by atomic mass is 9.92.